The van der Waals surface area contributed by atoms with Gasteiger partial charge in [-0.25, -0.2) is 0 Å². The van der Waals surface area contributed by atoms with Crippen LogP contribution < -0.4 is 5.73 Å². The maximum Gasteiger partial charge on any atom is 0.156 e. The van der Waals surface area contributed by atoms with E-state index in [1.54, 1.807) is 24.7 Å². The summed E-state index contributed by atoms with van der Waals surface area (Å²) in [6.07, 6.45) is 5.09. The van der Waals surface area contributed by atoms with Gasteiger partial charge in [0.05, 0.1) is 12.0 Å². The van der Waals surface area contributed by atoms with Crippen LogP contribution in [0.3, 0.4) is 0 Å². The summed E-state index contributed by atoms with van der Waals surface area (Å²) in [5.74, 6) is 0.746. The molecule has 2 heterocycles. The number of hydrogen-bond donors (Lipinski definition) is 1. The minimum absolute atomic E-state index is 0.682. The third-order valence-electron chi connectivity index (χ3n) is 2.30. The number of pyridine rings is 1. The number of nitrogens with two attached hydrogens (primary N) is 1. The first-order valence-corrected chi connectivity index (χ1v) is 5.61. The summed E-state index contributed by atoms with van der Waals surface area (Å²) in [4.78, 5) is 3.78. The molecule has 0 unspecified atom stereocenters. The van der Waals surface area contributed by atoms with Gasteiger partial charge in [0, 0.05) is 24.0 Å². The highest BCUT2D eigenvalue weighted by Crippen LogP contribution is 2.25. The molecule has 0 aliphatic heterocycles. The van der Waals surface area contributed by atoms with Crippen molar-refractivity contribution < 1.29 is 4.42 Å². The van der Waals surface area contributed by atoms with Crippen molar-refractivity contribution in [2.24, 2.45) is 0 Å². The first-order valence-electron chi connectivity index (χ1n) is 5.61. The van der Waals surface area contributed by atoms with Crippen LogP contribution in [0.25, 0.3) is 11.3 Å². The van der Waals surface area contributed by atoms with E-state index in [4.69, 9.17) is 10.2 Å². The second kappa shape index (κ2) is 6.25. The molecule has 0 aliphatic carbocycles. The number of benzene rings is 1. The number of hydrogen-bond acceptors (Lipinski definition) is 3. The molecule has 90 valence electrons. The van der Waals surface area contributed by atoms with Gasteiger partial charge in [-0.05, 0) is 12.1 Å². The minimum Gasteiger partial charge on any atom is -0.462 e. The van der Waals surface area contributed by atoms with Crippen molar-refractivity contribution in [2.45, 2.75) is 0 Å². The summed E-state index contributed by atoms with van der Waals surface area (Å²) in [5, 5.41) is 0. The van der Waals surface area contributed by atoms with Crippen LogP contribution in [0, 0.1) is 0 Å². The molecule has 0 saturated heterocycles. The number of anilines is 1. The maximum absolute atomic E-state index is 5.68. The average Bonchev–Trinajstić information content (AvgIpc) is 2.89. The van der Waals surface area contributed by atoms with Gasteiger partial charge >= 0.3 is 0 Å². The molecule has 1 aromatic carbocycles. The Hall–Kier alpha value is -2.55. The second-order valence-electron chi connectivity index (χ2n) is 3.60. The van der Waals surface area contributed by atoms with Gasteiger partial charge in [0.15, 0.2) is 5.76 Å². The molecule has 0 bridgehead atoms. The first-order chi connectivity index (χ1) is 8.88. The molecule has 0 aliphatic rings. The molecule has 0 spiro atoms. The highest BCUT2D eigenvalue weighted by Gasteiger charge is 2.03. The average molecular weight is 238 g/mol. The van der Waals surface area contributed by atoms with Gasteiger partial charge in [0.25, 0.3) is 0 Å². The second-order valence-corrected chi connectivity index (χ2v) is 3.60. The Kier molecular flexibility index (Phi) is 4.14. The van der Waals surface area contributed by atoms with Gasteiger partial charge in [0.2, 0.25) is 0 Å². The number of nitrogen functional groups attached to an aromatic ring is 1. The molecular weight excluding hydrogens is 224 g/mol. The van der Waals surface area contributed by atoms with E-state index in [0.29, 0.717) is 5.69 Å². The Morgan fingerprint density at radius 1 is 0.833 bits per heavy atom. The van der Waals surface area contributed by atoms with Crippen molar-refractivity contribution in [2.75, 3.05) is 5.73 Å². The van der Waals surface area contributed by atoms with Crippen molar-refractivity contribution >= 4 is 5.69 Å². The number of aromatic nitrogens is 1. The summed E-state index contributed by atoms with van der Waals surface area (Å²) in [7, 11) is 0. The van der Waals surface area contributed by atoms with Crippen molar-refractivity contribution in [1.29, 1.82) is 0 Å². The van der Waals surface area contributed by atoms with Gasteiger partial charge in [-0.15, -0.1) is 0 Å². The topological polar surface area (TPSA) is 52.0 Å². The van der Waals surface area contributed by atoms with Gasteiger partial charge < -0.3 is 10.2 Å². The summed E-state index contributed by atoms with van der Waals surface area (Å²) in [6, 6.07) is 17.3. The molecule has 3 nitrogen and oxygen atoms in total. The van der Waals surface area contributed by atoms with E-state index in [0.717, 1.165) is 11.3 Å². The molecule has 0 atom stereocenters. The van der Waals surface area contributed by atoms with Crippen molar-refractivity contribution in [3.63, 3.8) is 0 Å². The molecule has 0 amide bonds. The predicted molar refractivity (Wildman–Crippen MR) is 72.8 cm³/mol. The third-order valence-corrected chi connectivity index (χ3v) is 2.30. The van der Waals surface area contributed by atoms with Crippen LogP contribution >= 0.6 is 0 Å². The third kappa shape index (κ3) is 3.22. The summed E-state index contributed by atoms with van der Waals surface area (Å²) in [5.41, 5.74) is 7.37. The molecule has 0 saturated carbocycles. The normalized spacial score (nSPS) is 9.33. The van der Waals surface area contributed by atoms with Crippen molar-refractivity contribution in [1.82, 2.24) is 4.98 Å². The number of nitrogens with zero attached hydrogens (tertiary/aromatic N) is 1. The smallest absolute Gasteiger partial charge is 0.156 e. The standard InChI is InChI=1S/C10H9NO.C5H5N/c11-9-6-7-12-10(9)8-4-2-1-3-5-8;1-2-4-6-5-3-1/h1-7H,11H2;1-5H. The van der Waals surface area contributed by atoms with Gasteiger partial charge in [-0.3, -0.25) is 4.98 Å². The first kappa shape index (κ1) is 11.9. The highest BCUT2D eigenvalue weighted by molar-refractivity contribution is 5.70. The van der Waals surface area contributed by atoms with E-state index >= 15 is 0 Å². The predicted octanol–water partition coefficient (Wildman–Crippen LogP) is 3.61. The van der Waals surface area contributed by atoms with Crippen LogP contribution in [0.5, 0.6) is 0 Å². The number of rotatable bonds is 1. The Labute approximate surface area is 106 Å². The van der Waals surface area contributed by atoms with E-state index < -0.39 is 0 Å². The Morgan fingerprint density at radius 2 is 1.50 bits per heavy atom. The molecule has 18 heavy (non-hydrogen) atoms. The lowest BCUT2D eigenvalue weighted by Gasteiger charge is -1.96. The Balaban J connectivity index is 0.000000169. The lowest BCUT2D eigenvalue weighted by molar-refractivity contribution is 0.583. The largest absolute Gasteiger partial charge is 0.462 e. The van der Waals surface area contributed by atoms with Crippen molar-refractivity contribution in [3.05, 3.63) is 73.3 Å². The SMILES string of the molecule is Nc1ccoc1-c1ccccc1.c1ccncc1. The molecule has 3 heteroatoms. The van der Waals surface area contributed by atoms with Crippen molar-refractivity contribution in [3.8, 4) is 11.3 Å². The minimum atomic E-state index is 0.682. The lowest BCUT2D eigenvalue weighted by Crippen LogP contribution is -1.83. The zero-order chi connectivity index (χ0) is 12.6. The summed E-state index contributed by atoms with van der Waals surface area (Å²) in [6.45, 7) is 0. The van der Waals surface area contributed by atoms with Crippen LogP contribution in [0.1, 0.15) is 0 Å². The van der Waals surface area contributed by atoms with Gasteiger partial charge in [-0.1, -0.05) is 36.4 Å². The zero-order valence-corrected chi connectivity index (χ0v) is 9.86. The molecular formula is C15H14N2O. The quantitative estimate of drug-likeness (QED) is 0.704. The fourth-order valence-electron chi connectivity index (χ4n) is 1.46. The number of furan rings is 1. The van der Waals surface area contributed by atoms with Crippen LogP contribution in [-0.2, 0) is 0 Å². The molecule has 3 aromatic rings. The lowest BCUT2D eigenvalue weighted by atomic mass is 10.1. The molecule has 0 radical (unpaired) electrons. The monoisotopic (exact) mass is 238 g/mol. The highest BCUT2D eigenvalue weighted by atomic mass is 16.3. The van der Waals surface area contributed by atoms with Gasteiger partial charge in [-0.2, -0.15) is 0 Å². The van der Waals surface area contributed by atoms with Crippen LogP contribution in [0.4, 0.5) is 5.69 Å². The Morgan fingerprint density at radius 3 is 1.94 bits per heavy atom. The molecule has 2 N–H and O–H groups in total. The Bertz CT molecular complexity index is 535. The van der Waals surface area contributed by atoms with Crippen LogP contribution in [-0.4, -0.2) is 4.98 Å². The van der Waals surface area contributed by atoms with Gasteiger partial charge in [0.1, 0.15) is 0 Å². The molecule has 3 rings (SSSR count). The van der Waals surface area contributed by atoms with E-state index in [-0.39, 0.29) is 0 Å². The van der Waals surface area contributed by atoms with E-state index in [9.17, 15) is 0 Å². The van der Waals surface area contributed by atoms with E-state index in [2.05, 4.69) is 4.98 Å². The fraction of sp³-hybridized carbons (Fsp3) is 0. The molecule has 2 aromatic heterocycles. The fourth-order valence-corrected chi connectivity index (χ4v) is 1.46. The van der Waals surface area contributed by atoms with E-state index in [1.807, 2.05) is 48.5 Å². The van der Waals surface area contributed by atoms with E-state index in [1.165, 1.54) is 0 Å². The van der Waals surface area contributed by atoms with Crippen LogP contribution in [0.2, 0.25) is 0 Å². The summed E-state index contributed by atoms with van der Waals surface area (Å²) < 4.78 is 5.23. The summed E-state index contributed by atoms with van der Waals surface area (Å²) >= 11 is 0. The molecule has 0 fully saturated rings. The maximum atomic E-state index is 5.68. The van der Waals surface area contributed by atoms with Crippen LogP contribution in [0.15, 0.2) is 77.7 Å². The zero-order valence-electron chi connectivity index (χ0n) is 9.86.